The van der Waals surface area contributed by atoms with Crippen molar-refractivity contribution >= 4 is 23.2 Å². The van der Waals surface area contributed by atoms with E-state index in [1.807, 2.05) is 47.4 Å². The van der Waals surface area contributed by atoms with Crippen molar-refractivity contribution in [1.82, 2.24) is 4.90 Å². The zero-order chi connectivity index (χ0) is 21.4. The fourth-order valence-corrected chi connectivity index (χ4v) is 5.11. The van der Waals surface area contributed by atoms with Crippen molar-refractivity contribution in [2.24, 2.45) is 4.99 Å². The van der Waals surface area contributed by atoms with Gasteiger partial charge in [0.15, 0.2) is 0 Å². The number of methoxy groups -OCH3 is 1. The number of fused-ring (bicyclic) bond motifs is 1. The number of rotatable bonds is 4. The lowest BCUT2D eigenvalue weighted by atomic mass is 9.88. The highest BCUT2D eigenvalue weighted by atomic mass is 16.5. The lowest BCUT2D eigenvalue weighted by molar-refractivity contribution is -0.134. The number of ether oxygens (including phenoxy) is 1. The normalized spacial score (nSPS) is 19.5. The Labute approximate surface area is 182 Å². The lowest BCUT2D eigenvalue weighted by Crippen LogP contribution is -2.52. The standard InChI is InChI=1S/C25H27N3O3/c1-31-20-11-9-19(10-12-20)23-24(30)28(25(26-23)14-5-2-6-15-25)17-22(29)27-16-13-18-7-3-4-8-21(18)27/h3-4,7-12H,2,5-6,13-17H2,1H3. The highest BCUT2D eigenvalue weighted by molar-refractivity contribution is 6.47. The van der Waals surface area contributed by atoms with Gasteiger partial charge in [-0.3, -0.25) is 14.6 Å². The highest BCUT2D eigenvalue weighted by Crippen LogP contribution is 2.40. The molecule has 6 heteroatoms. The fraction of sp³-hybridized carbons (Fsp3) is 0.400. The van der Waals surface area contributed by atoms with E-state index in [-0.39, 0.29) is 18.4 Å². The number of carbonyl (C=O) groups excluding carboxylic acids is 2. The fourth-order valence-electron chi connectivity index (χ4n) is 5.11. The van der Waals surface area contributed by atoms with Gasteiger partial charge in [-0.2, -0.15) is 0 Å². The first-order valence-corrected chi connectivity index (χ1v) is 11.1. The van der Waals surface area contributed by atoms with Crippen LogP contribution >= 0.6 is 0 Å². The van der Waals surface area contributed by atoms with Crippen molar-refractivity contribution in [3.8, 4) is 5.75 Å². The molecular weight excluding hydrogens is 390 g/mol. The summed E-state index contributed by atoms with van der Waals surface area (Å²) in [6.07, 6.45) is 5.65. The Bertz CT molecular complexity index is 1040. The van der Waals surface area contributed by atoms with Gasteiger partial charge >= 0.3 is 0 Å². The van der Waals surface area contributed by atoms with E-state index >= 15 is 0 Å². The van der Waals surface area contributed by atoms with Crippen molar-refractivity contribution in [3.63, 3.8) is 0 Å². The second-order valence-electron chi connectivity index (χ2n) is 8.55. The Balaban J connectivity index is 1.43. The first-order chi connectivity index (χ1) is 15.1. The van der Waals surface area contributed by atoms with E-state index in [4.69, 9.17) is 9.73 Å². The van der Waals surface area contributed by atoms with Gasteiger partial charge in [0.25, 0.3) is 5.91 Å². The molecule has 5 rings (SSSR count). The first-order valence-electron chi connectivity index (χ1n) is 11.1. The summed E-state index contributed by atoms with van der Waals surface area (Å²) in [6.45, 7) is 0.732. The van der Waals surface area contributed by atoms with Crippen LogP contribution in [0.2, 0.25) is 0 Å². The Hall–Kier alpha value is -3.15. The van der Waals surface area contributed by atoms with Crippen LogP contribution in [0, 0.1) is 0 Å². The molecule has 0 aromatic heterocycles. The summed E-state index contributed by atoms with van der Waals surface area (Å²) in [6, 6.07) is 15.4. The third kappa shape index (κ3) is 3.40. The van der Waals surface area contributed by atoms with Crippen LogP contribution in [0.3, 0.4) is 0 Å². The molecule has 1 aliphatic carbocycles. The van der Waals surface area contributed by atoms with Gasteiger partial charge in [0.05, 0.1) is 7.11 Å². The van der Waals surface area contributed by atoms with E-state index in [2.05, 4.69) is 6.07 Å². The molecule has 2 aliphatic heterocycles. The molecule has 1 fully saturated rings. The summed E-state index contributed by atoms with van der Waals surface area (Å²) >= 11 is 0. The molecule has 0 unspecified atom stereocenters. The molecule has 0 bridgehead atoms. The predicted octanol–water partition coefficient (Wildman–Crippen LogP) is 3.58. The van der Waals surface area contributed by atoms with Gasteiger partial charge in [-0.25, -0.2) is 0 Å². The molecular formula is C25H27N3O3. The molecule has 2 aromatic rings. The molecule has 0 atom stereocenters. The maximum atomic E-state index is 13.5. The minimum Gasteiger partial charge on any atom is -0.497 e. The van der Waals surface area contributed by atoms with E-state index in [1.54, 1.807) is 12.0 Å². The number of nitrogens with zero attached hydrogens (tertiary/aromatic N) is 3. The van der Waals surface area contributed by atoms with E-state index in [0.29, 0.717) is 12.3 Å². The van der Waals surface area contributed by atoms with E-state index in [9.17, 15) is 9.59 Å². The molecule has 3 aliphatic rings. The SMILES string of the molecule is COc1ccc(C2=NC3(CCCCC3)N(CC(=O)N3CCc4ccccc43)C2=O)cc1. The zero-order valence-corrected chi connectivity index (χ0v) is 17.8. The average Bonchev–Trinajstić information content (AvgIpc) is 3.35. The maximum Gasteiger partial charge on any atom is 0.275 e. The number of hydrogen-bond donors (Lipinski definition) is 0. The molecule has 1 spiro atoms. The molecule has 160 valence electrons. The third-order valence-corrected chi connectivity index (χ3v) is 6.77. The molecule has 6 nitrogen and oxygen atoms in total. The van der Waals surface area contributed by atoms with Gasteiger partial charge in [-0.1, -0.05) is 24.6 Å². The Morgan fingerprint density at radius 2 is 1.81 bits per heavy atom. The largest absolute Gasteiger partial charge is 0.497 e. The van der Waals surface area contributed by atoms with Crippen LogP contribution in [0.4, 0.5) is 5.69 Å². The maximum absolute atomic E-state index is 13.5. The van der Waals surface area contributed by atoms with Crippen molar-refractivity contribution in [2.45, 2.75) is 44.2 Å². The van der Waals surface area contributed by atoms with Gasteiger partial charge in [0.2, 0.25) is 5.91 Å². The Morgan fingerprint density at radius 3 is 2.55 bits per heavy atom. The Morgan fingerprint density at radius 1 is 1.06 bits per heavy atom. The Kier molecular flexibility index (Phi) is 5.00. The van der Waals surface area contributed by atoms with Crippen LogP contribution in [0.5, 0.6) is 5.75 Å². The van der Waals surface area contributed by atoms with Crippen molar-refractivity contribution < 1.29 is 14.3 Å². The topological polar surface area (TPSA) is 62.2 Å². The van der Waals surface area contributed by atoms with Crippen LogP contribution in [-0.2, 0) is 16.0 Å². The number of hydrogen-bond acceptors (Lipinski definition) is 4. The number of aliphatic imine (C=N–C) groups is 1. The van der Waals surface area contributed by atoms with Gasteiger partial charge in [-0.15, -0.1) is 0 Å². The summed E-state index contributed by atoms with van der Waals surface area (Å²) in [7, 11) is 1.62. The smallest absolute Gasteiger partial charge is 0.275 e. The van der Waals surface area contributed by atoms with Crippen LogP contribution < -0.4 is 9.64 Å². The zero-order valence-electron chi connectivity index (χ0n) is 17.8. The van der Waals surface area contributed by atoms with Crippen LogP contribution in [-0.4, -0.2) is 48.3 Å². The third-order valence-electron chi connectivity index (χ3n) is 6.77. The van der Waals surface area contributed by atoms with Crippen molar-refractivity contribution in [3.05, 3.63) is 59.7 Å². The van der Waals surface area contributed by atoms with Crippen molar-refractivity contribution in [1.29, 1.82) is 0 Å². The molecule has 1 saturated carbocycles. The van der Waals surface area contributed by atoms with Crippen LogP contribution in [0.15, 0.2) is 53.5 Å². The number of amides is 2. The van der Waals surface area contributed by atoms with Gasteiger partial charge in [-0.05, 0) is 68.0 Å². The number of carbonyl (C=O) groups is 2. The van der Waals surface area contributed by atoms with Gasteiger partial charge < -0.3 is 14.5 Å². The predicted molar refractivity (Wildman–Crippen MR) is 120 cm³/mol. The first kappa shape index (κ1) is 19.8. The van der Waals surface area contributed by atoms with Gasteiger partial charge in [0.1, 0.15) is 23.7 Å². The lowest BCUT2D eigenvalue weighted by Gasteiger charge is -2.39. The van der Waals surface area contributed by atoms with Crippen LogP contribution in [0.1, 0.15) is 43.2 Å². The molecule has 0 saturated heterocycles. The second kappa shape index (κ2) is 7.84. The van der Waals surface area contributed by atoms with Crippen LogP contribution in [0.25, 0.3) is 0 Å². The number of para-hydroxylation sites is 1. The number of anilines is 1. The van der Waals surface area contributed by atoms with E-state index in [1.165, 1.54) is 5.56 Å². The molecule has 2 aromatic carbocycles. The summed E-state index contributed by atoms with van der Waals surface area (Å²) in [4.78, 5) is 35.4. The highest BCUT2D eigenvalue weighted by Gasteiger charge is 2.48. The van der Waals surface area contributed by atoms with Crippen molar-refractivity contribution in [2.75, 3.05) is 25.1 Å². The summed E-state index contributed by atoms with van der Waals surface area (Å²) in [5, 5.41) is 0. The molecule has 2 heterocycles. The quantitative estimate of drug-likeness (QED) is 0.764. The number of benzene rings is 2. The summed E-state index contributed by atoms with van der Waals surface area (Å²) in [5.74, 6) is 0.559. The minimum atomic E-state index is -0.598. The second-order valence-corrected chi connectivity index (χ2v) is 8.55. The van der Waals surface area contributed by atoms with Gasteiger partial charge in [0, 0.05) is 17.8 Å². The van der Waals surface area contributed by atoms with E-state index in [0.717, 1.165) is 55.5 Å². The summed E-state index contributed by atoms with van der Waals surface area (Å²) in [5.41, 5.74) is 2.79. The minimum absolute atomic E-state index is 0.0329. The monoisotopic (exact) mass is 417 g/mol. The summed E-state index contributed by atoms with van der Waals surface area (Å²) < 4.78 is 5.24. The molecule has 0 N–H and O–H groups in total. The molecule has 2 amide bonds. The molecule has 31 heavy (non-hydrogen) atoms. The molecule has 0 radical (unpaired) electrons. The average molecular weight is 418 g/mol. The van der Waals surface area contributed by atoms with E-state index < -0.39 is 5.66 Å².